The Labute approximate surface area is 171 Å². The molecule has 0 bridgehead atoms. The van der Waals surface area contributed by atoms with Gasteiger partial charge in [-0.3, -0.25) is 0 Å². The van der Waals surface area contributed by atoms with Crippen LogP contribution in [0.15, 0.2) is 78.9 Å². The van der Waals surface area contributed by atoms with Crippen LogP contribution in [0, 0.1) is 0 Å². The molecule has 29 heavy (non-hydrogen) atoms. The molecule has 1 aromatic heterocycles. The Balaban J connectivity index is 1.41. The molecule has 0 atom stereocenters. The lowest BCUT2D eigenvalue weighted by Gasteiger charge is -2.11. The van der Waals surface area contributed by atoms with E-state index in [1.807, 2.05) is 60.7 Å². The summed E-state index contributed by atoms with van der Waals surface area (Å²) in [6, 6.07) is 26.4. The maximum absolute atomic E-state index is 5.95. The molecule has 0 N–H and O–H groups in total. The molecule has 4 nitrogen and oxygen atoms in total. The highest BCUT2D eigenvalue weighted by molar-refractivity contribution is 5.75. The van der Waals surface area contributed by atoms with Gasteiger partial charge in [0.25, 0.3) is 0 Å². The Morgan fingerprint density at radius 1 is 0.793 bits per heavy atom. The number of para-hydroxylation sites is 3. The predicted octanol–water partition coefficient (Wildman–Crippen LogP) is 5.65. The first-order valence-corrected chi connectivity index (χ1v) is 10.2. The van der Waals surface area contributed by atoms with Gasteiger partial charge in [-0.15, -0.1) is 0 Å². The van der Waals surface area contributed by atoms with Crippen molar-refractivity contribution in [1.82, 2.24) is 9.55 Å². The maximum Gasteiger partial charge on any atom is 0.147 e. The highest BCUT2D eigenvalue weighted by Gasteiger charge is 2.11. The largest absolute Gasteiger partial charge is 0.494 e. The number of rotatable bonds is 9. The van der Waals surface area contributed by atoms with Crippen LogP contribution in [0.1, 0.15) is 24.7 Å². The molecule has 0 aliphatic carbocycles. The van der Waals surface area contributed by atoms with Gasteiger partial charge < -0.3 is 14.0 Å². The van der Waals surface area contributed by atoms with E-state index < -0.39 is 0 Å². The number of benzene rings is 3. The average Bonchev–Trinajstić information content (AvgIpc) is 3.14. The molecule has 0 saturated carbocycles. The summed E-state index contributed by atoms with van der Waals surface area (Å²) >= 11 is 0. The van der Waals surface area contributed by atoms with Gasteiger partial charge in [-0.05, 0) is 54.8 Å². The van der Waals surface area contributed by atoms with E-state index >= 15 is 0 Å². The van der Waals surface area contributed by atoms with Gasteiger partial charge in [0.15, 0.2) is 0 Å². The third-order valence-electron chi connectivity index (χ3n) is 4.97. The van der Waals surface area contributed by atoms with E-state index in [9.17, 15) is 0 Å². The molecule has 0 spiro atoms. The van der Waals surface area contributed by atoms with Crippen molar-refractivity contribution in [3.63, 3.8) is 0 Å². The average molecular weight is 386 g/mol. The number of fused-ring (bicyclic) bond motifs is 1. The van der Waals surface area contributed by atoms with Crippen LogP contribution in [0.25, 0.3) is 11.0 Å². The number of aromatic nitrogens is 2. The van der Waals surface area contributed by atoms with Crippen molar-refractivity contribution in [3.8, 4) is 11.5 Å². The van der Waals surface area contributed by atoms with Crippen molar-refractivity contribution in [2.24, 2.45) is 0 Å². The zero-order chi connectivity index (χ0) is 19.9. The van der Waals surface area contributed by atoms with E-state index in [1.165, 1.54) is 5.56 Å². The predicted molar refractivity (Wildman–Crippen MR) is 116 cm³/mol. The minimum Gasteiger partial charge on any atom is -0.494 e. The summed E-state index contributed by atoms with van der Waals surface area (Å²) in [5.41, 5.74) is 3.45. The van der Waals surface area contributed by atoms with E-state index in [1.54, 1.807) is 0 Å². The Bertz CT molecular complexity index is 1040. The summed E-state index contributed by atoms with van der Waals surface area (Å²) in [6.07, 6.45) is 1.94. The summed E-state index contributed by atoms with van der Waals surface area (Å²) in [7, 11) is 0. The van der Waals surface area contributed by atoms with Crippen molar-refractivity contribution in [2.45, 2.75) is 32.9 Å². The Morgan fingerprint density at radius 3 is 2.31 bits per heavy atom. The van der Waals surface area contributed by atoms with Gasteiger partial charge >= 0.3 is 0 Å². The molecular weight excluding hydrogens is 360 g/mol. The maximum atomic E-state index is 5.95. The van der Waals surface area contributed by atoms with Crippen LogP contribution >= 0.6 is 0 Å². The second-order valence-electron chi connectivity index (χ2n) is 6.97. The van der Waals surface area contributed by atoms with Crippen molar-refractivity contribution in [2.75, 3.05) is 6.61 Å². The first kappa shape index (κ1) is 19.1. The lowest BCUT2D eigenvalue weighted by Crippen LogP contribution is -2.10. The summed E-state index contributed by atoms with van der Waals surface area (Å²) in [4.78, 5) is 4.78. The molecule has 0 fully saturated rings. The molecule has 0 aliphatic heterocycles. The molecule has 0 saturated heterocycles. The van der Waals surface area contributed by atoms with Crippen molar-refractivity contribution < 1.29 is 9.47 Å². The second-order valence-corrected chi connectivity index (χ2v) is 6.97. The van der Waals surface area contributed by atoms with E-state index in [-0.39, 0.29) is 0 Å². The monoisotopic (exact) mass is 386 g/mol. The fourth-order valence-corrected chi connectivity index (χ4v) is 3.38. The number of ether oxygens (including phenoxy) is 2. The van der Waals surface area contributed by atoms with E-state index in [0.29, 0.717) is 13.2 Å². The van der Waals surface area contributed by atoms with E-state index in [0.717, 1.165) is 47.7 Å². The highest BCUT2D eigenvalue weighted by atomic mass is 16.5. The molecule has 3 aromatic carbocycles. The Kier molecular flexibility index (Phi) is 6.10. The molecule has 4 heteroatoms. The molecule has 148 valence electrons. The zero-order valence-corrected chi connectivity index (χ0v) is 16.8. The van der Waals surface area contributed by atoms with Crippen LogP contribution < -0.4 is 9.47 Å². The standard InChI is InChI=1S/C25H26N2O2/c1-2-20-13-15-22(16-14-20)28-18-8-17-27-24-12-7-6-11-23(24)26-25(27)19-29-21-9-4-3-5-10-21/h3-7,9-16H,2,8,17-19H2,1H3. The number of hydrogen-bond acceptors (Lipinski definition) is 3. The van der Waals surface area contributed by atoms with Crippen molar-refractivity contribution >= 4 is 11.0 Å². The van der Waals surface area contributed by atoms with Crippen LogP contribution in [0.4, 0.5) is 0 Å². The van der Waals surface area contributed by atoms with Gasteiger partial charge in [0.05, 0.1) is 17.6 Å². The normalized spacial score (nSPS) is 10.9. The Morgan fingerprint density at radius 2 is 1.52 bits per heavy atom. The highest BCUT2D eigenvalue weighted by Crippen LogP contribution is 2.19. The molecule has 0 unspecified atom stereocenters. The SMILES string of the molecule is CCc1ccc(OCCCn2c(COc3ccccc3)nc3ccccc32)cc1. The zero-order valence-electron chi connectivity index (χ0n) is 16.8. The summed E-state index contributed by atoms with van der Waals surface area (Å²) in [5.74, 6) is 2.71. The first-order chi connectivity index (χ1) is 14.3. The van der Waals surface area contributed by atoms with Gasteiger partial charge in [0.2, 0.25) is 0 Å². The number of hydrogen-bond donors (Lipinski definition) is 0. The number of imidazole rings is 1. The summed E-state index contributed by atoms with van der Waals surface area (Å²) < 4.78 is 14.1. The van der Waals surface area contributed by atoms with Crippen molar-refractivity contribution in [3.05, 3.63) is 90.3 Å². The van der Waals surface area contributed by atoms with Crippen LogP contribution in [0.2, 0.25) is 0 Å². The van der Waals surface area contributed by atoms with Gasteiger partial charge in [-0.25, -0.2) is 4.98 Å². The smallest absolute Gasteiger partial charge is 0.147 e. The minimum atomic E-state index is 0.442. The molecule has 0 radical (unpaired) electrons. The van der Waals surface area contributed by atoms with Gasteiger partial charge in [0.1, 0.15) is 23.9 Å². The fraction of sp³-hybridized carbons (Fsp3) is 0.240. The van der Waals surface area contributed by atoms with Crippen LogP contribution in [0.5, 0.6) is 11.5 Å². The molecule has 0 amide bonds. The summed E-state index contributed by atoms with van der Waals surface area (Å²) in [6.45, 7) is 4.10. The van der Waals surface area contributed by atoms with E-state index in [2.05, 4.69) is 29.7 Å². The first-order valence-electron chi connectivity index (χ1n) is 10.2. The van der Waals surface area contributed by atoms with Gasteiger partial charge in [-0.2, -0.15) is 0 Å². The third-order valence-corrected chi connectivity index (χ3v) is 4.97. The minimum absolute atomic E-state index is 0.442. The van der Waals surface area contributed by atoms with Crippen LogP contribution in [0.3, 0.4) is 0 Å². The number of nitrogens with zero attached hydrogens (tertiary/aromatic N) is 2. The Hall–Kier alpha value is -3.27. The molecule has 0 aliphatic rings. The second kappa shape index (κ2) is 9.28. The lowest BCUT2D eigenvalue weighted by molar-refractivity contribution is 0.280. The quantitative estimate of drug-likeness (QED) is 0.349. The molecule has 4 aromatic rings. The van der Waals surface area contributed by atoms with Crippen LogP contribution in [-0.2, 0) is 19.6 Å². The molecule has 4 rings (SSSR count). The topological polar surface area (TPSA) is 36.3 Å². The third kappa shape index (κ3) is 4.77. The lowest BCUT2D eigenvalue weighted by atomic mass is 10.2. The molecule has 1 heterocycles. The van der Waals surface area contributed by atoms with Crippen LogP contribution in [-0.4, -0.2) is 16.2 Å². The summed E-state index contributed by atoms with van der Waals surface area (Å²) in [5, 5.41) is 0. The van der Waals surface area contributed by atoms with Gasteiger partial charge in [0, 0.05) is 6.54 Å². The van der Waals surface area contributed by atoms with E-state index in [4.69, 9.17) is 14.5 Å². The molecular formula is C25H26N2O2. The number of aryl methyl sites for hydroxylation is 2. The van der Waals surface area contributed by atoms with Crippen molar-refractivity contribution in [1.29, 1.82) is 0 Å². The fourth-order valence-electron chi connectivity index (χ4n) is 3.38. The van der Waals surface area contributed by atoms with Gasteiger partial charge in [-0.1, -0.05) is 49.4 Å².